The molecular formula is C34H42N8O3. The van der Waals surface area contributed by atoms with Gasteiger partial charge in [-0.25, -0.2) is 14.5 Å². The van der Waals surface area contributed by atoms with Gasteiger partial charge >= 0.3 is 6.09 Å². The molecular weight excluding hydrogens is 568 g/mol. The molecule has 2 amide bonds. The number of rotatable bonds is 5. The number of ether oxygens (including phenoxy) is 1. The van der Waals surface area contributed by atoms with E-state index < -0.39 is 5.60 Å². The van der Waals surface area contributed by atoms with E-state index >= 15 is 0 Å². The first kappa shape index (κ1) is 30.4. The largest absolute Gasteiger partial charge is 0.444 e. The molecule has 2 N–H and O–H groups in total. The third kappa shape index (κ3) is 6.57. The summed E-state index contributed by atoms with van der Waals surface area (Å²) >= 11 is 0. The van der Waals surface area contributed by atoms with Gasteiger partial charge in [-0.05, 0) is 88.3 Å². The molecule has 6 rings (SSSR count). The number of piperidine rings is 1. The Morgan fingerprint density at radius 1 is 0.956 bits per heavy atom. The van der Waals surface area contributed by atoms with Crippen molar-refractivity contribution >= 4 is 46.2 Å². The van der Waals surface area contributed by atoms with Crippen LogP contribution in [0.5, 0.6) is 0 Å². The average molecular weight is 611 g/mol. The Morgan fingerprint density at radius 3 is 2.40 bits per heavy atom. The number of anilines is 4. The minimum atomic E-state index is -0.530. The van der Waals surface area contributed by atoms with Crippen molar-refractivity contribution in [2.45, 2.75) is 66.0 Å². The van der Waals surface area contributed by atoms with E-state index in [4.69, 9.17) is 9.72 Å². The second kappa shape index (κ2) is 12.0. The first-order valence-corrected chi connectivity index (χ1v) is 15.6. The molecule has 0 saturated carbocycles. The number of aromatic nitrogens is 4. The standard InChI is InChI=1S/C34H42N8O3/c1-21-8-7-9-22(2)28(21)37-29-27-19-35-32(38-30(27)40(6)39-29)36-26-11-10-23-12-17-42(20-25(23)18-26)31(43)24-13-15-41(16-14-24)33(44)45-34(3,4)5/h7-11,18-19,24H,12-17,20H2,1-6H3,(H,37,39)(H,35,36,38). The van der Waals surface area contributed by atoms with Crippen LogP contribution in [-0.4, -0.2) is 66.8 Å². The van der Waals surface area contributed by atoms with E-state index in [-0.39, 0.29) is 17.9 Å². The van der Waals surface area contributed by atoms with Crippen LogP contribution < -0.4 is 10.6 Å². The topological polar surface area (TPSA) is 118 Å². The van der Waals surface area contributed by atoms with Crippen LogP contribution in [0, 0.1) is 19.8 Å². The number of nitrogens with zero attached hydrogens (tertiary/aromatic N) is 6. The Hall–Kier alpha value is -4.67. The Morgan fingerprint density at radius 2 is 1.69 bits per heavy atom. The van der Waals surface area contributed by atoms with Gasteiger partial charge in [-0.2, -0.15) is 10.1 Å². The summed E-state index contributed by atoms with van der Waals surface area (Å²) in [4.78, 5) is 39.0. The van der Waals surface area contributed by atoms with Gasteiger partial charge in [0, 0.05) is 56.7 Å². The van der Waals surface area contributed by atoms with Gasteiger partial charge in [0.05, 0.1) is 5.39 Å². The molecule has 2 aliphatic rings. The molecule has 1 saturated heterocycles. The first-order valence-electron chi connectivity index (χ1n) is 15.6. The minimum Gasteiger partial charge on any atom is -0.444 e. The second-order valence-electron chi connectivity index (χ2n) is 13.2. The summed E-state index contributed by atoms with van der Waals surface area (Å²) in [6.07, 6.45) is 3.60. The number of nitrogens with one attached hydrogen (secondary N) is 2. The second-order valence-corrected chi connectivity index (χ2v) is 13.2. The fraction of sp³-hybridized carbons (Fsp3) is 0.441. The summed E-state index contributed by atoms with van der Waals surface area (Å²) in [6.45, 7) is 12.1. The van der Waals surface area contributed by atoms with Crippen LogP contribution in [0.4, 0.5) is 27.9 Å². The van der Waals surface area contributed by atoms with Crippen molar-refractivity contribution in [2.24, 2.45) is 13.0 Å². The lowest BCUT2D eigenvalue weighted by atomic mass is 9.93. The molecule has 0 bridgehead atoms. The van der Waals surface area contributed by atoms with Gasteiger partial charge in [0.2, 0.25) is 11.9 Å². The van der Waals surface area contributed by atoms with Crippen molar-refractivity contribution in [3.05, 3.63) is 64.8 Å². The molecule has 2 aromatic carbocycles. The zero-order chi connectivity index (χ0) is 31.9. The third-order valence-corrected chi connectivity index (χ3v) is 8.59. The van der Waals surface area contributed by atoms with Gasteiger partial charge in [-0.3, -0.25) is 4.79 Å². The van der Waals surface area contributed by atoms with E-state index in [2.05, 4.69) is 58.8 Å². The molecule has 2 aromatic heterocycles. The van der Waals surface area contributed by atoms with Crippen molar-refractivity contribution in [1.82, 2.24) is 29.5 Å². The summed E-state index contributed by atoms with van der Waals surface area (Å²) in [5.74, 6) is 1.27. The number of benzene rings is 2. The molecule has 0 radical (unpaired) electrons. The molecule has 4 heterocycles. The molecule has 0 spiro atoms. The van der Waals surface area contributed by atoms with Crippen LogP contribution in [-0.2, 0) is 29.5 Å². The van der Waals surface area contributed by atoms with Gasteiger partial charge in [-0.1, -0.05) is 24.3 Å². The monoisotopic (exact) mass is 610 g/mol. The summed E-state index contributed by atoms with van der Waals surface area (Å²) in [6, 6.07) is 12.4. The van der Waals surface area contributed by atoms with Gasteiger partial charge < -0.3 is 25.2 Å². The summed E-state index contributed by atoms with van der Waals surface area (Å²) in [7, 11) is 1.88. The predicted molar refractivity (Wildman–Crippen MR) is 175 cm³/mol. The lowest BCUT2D eigenvalue weighted by Crippen LogP contribution is -2.46. The highest BCUT2D eigenvalue weighted by Gasteiger charge is 2.33. The van der Waals surface area contributed by atoms with E-state index in [0.717, 1.165) is 39.9 Å². The highest BCUT2D eigenvalue weighted by Crippen LogP contribution is 2.30. The van der Waals surface area contributed by atoms with E-state index in [9.17, 15) is 9.59 Å². The van der Waals surface area contributed by atoms with Crippen molar-refractivity contribution in [2.75, 3.05) is 30.3 Å². The molecule has 0 unspecified atom stereocenters. The number of fused-ring (bicyclic) bond motifs is 2. The molecule has 45 heavy (non-hydrogen) atoms. The third-order valence-electron chi connectivity index (χ3n) is 8.59. The van der Waals surface area contributed by atoms with Crippen molar-refractivity contribution in [3.8, 4) is 0 Å². The van der Waals surface area contributed by atoms with Crippen LogP contribution in [0.3, 0.4) is 0 Å². The van der Waals surface area contributed by atoms with Crippen molar-refractivity contribution in [1.29, 1.82) is 0 Å². The number of carbonyl (C=O) groups is 2. The Bertz CT molecular complexity index is 1730. The molecule has 236 valence electrons. The maximum absolute atomic E-state index is 13.5. The maximum atomic E-state index is 13.5. The summed E-state index contributed by atoms with van der Waals surface area (Å²) in [5.41, 5.74) is 6.74. The van der Waals surface area contributed by atoms with Gasteiger partial charge in [0.25, 0.3) is 0 Å². The lowest BCUT2D eigenvalue weighted by molar-refractivity contribution is -0.138. The zero-order valence-electron chi connectivity index (χ0n) is 27.0. The Kier molecular flexibility index (Phi) is 8.11. The quantitative estimate of drug-likeness (QED) is 0.283. The number of carbonyl (C=O) groups excluding carboxylic acids is 2. The minimum absolute atomic E-state index is 0.0836. The number of likely N-dealkylation sites (tertiary alicyclic amines) is 1. The summed E-state index contributed by atoms with van der Waals surface area (Å²) < 4.78 is 7.27. The van der Waals surface area contributed by atoms with E-state index in [1.165, 1.54) is 5.56 Å². The molecule has 11 nitrogen and oxygen atoms in total. The lowest BCUT2D eigenvalue weighted by Gasteiger charge is -2.36. The van der Waals surface area contributed by atoms with Crippen LogP contribution in [0.15, 0.2) is 42.6 Å². The van der Waals surface area contributed by atoms with Gasteiger partial charge in [0.1, 0.15) is 5.60 Å². The molecule has 2 aliphatic heterocycles. The first-order chi connectivity index (χ1) is 21.4. The number of aryl methyl sites for hydroxylation is 3. The number of amides is 2. The van der Waals surface area contributed by atoms with Crippen LogP contribution in [0.2, 0.25) is 0 Å². The highest BCUT2D eigenvalue weighted by atomic mass is 16.6. The van der Waals surface area contributed by atoms with E-state index in [1.807, 2.05) is 44.9 Å². The van der Waals surface area contributed by atoms with Crippen LogP contribution >= 0.6 is 0 Å². The average Bonchev–Trinajstić information content (AvgIpc) is 3.31. The molecule has 0 aliphatic carbocycles. The SMILES string of the molecule is Cc1cccc(C)c1Nc1nn(C)c2nc(Nc3ccc4c(c3)CN(C(=O)C3CCN(C(=O)OC(C)(C)C)CC3)CC4)ncc12. The van der Waals surface area contributed by atoms with E-state index in [1.54, 1.807) is 15.8 Å². The summed E-state index contributed by atoms with van der Waals surface area (Å²) in [5, 5.41) is 12.3. The molecule has 0 atom stereocenters. The van der Waals surface area contributed by atoms with Gasteiger partial charge in [0.15, 0.2) is 11.5 Å². The number of para-hydroxylation sites is 1. The Labute approximate surface area is 264 Å². The fourth-order valence-electron chi connectivity index (χ4n) is 6.17. The van der Waals surface area contributed by atoms with Gasteiger partial charge in [-0.15, -0.1) is 0 Å². The fourth-order valence-corrected chi connectivity index (χ4v) is 6.17. The molecule has 1 fully saturated rings. The molecule has 11 heteroatoms. The number of hydrogen-bond acceptors (Lipinski definition) is 8. The smallest absolute Gasteiger partial charge is 0.410 e. The normalized spacial score (nSPS) is 15.6. The van der Waals surface area contributed by atoms with Crippen LogP contribution in [0.25, 0.3) is 11.0 Å². The highest BCUT2D eigenvalue weighted by molar-refractivity contribution is 5.90. The van der Waals surface area contributed by atoms with Crippen molar-refractivity contribution in [3.63, 3.8) is 0 Å². The van der Waals surface area contributed by atoms with E-state index in [0.29, 0.717) is 56.4 Å². The Balaban J connectivity index is 1.11. The molecule has 4 aromatic rings. The van der Waals surface area contributed by atoms with Crippen LogP contribution in [0.1, 0.15) is 55.9 Å². The van der Waals surface area contributed by atoms with Crippen molar-refractivity contribution < 1.29 is 14.3 Å². The maximum Gasteiger partial charge on any atom is 0.410 e. The zero-order valence-corrected chi connectivity index (χ0v) is 27.0. The predicted octanol–water partition coefficient (Wildman–Crippen LogP) is 6.00. The number of hydrogen-bond donors (Lipinski definition) is 2.